The van der Waals surface area contributed by atoms with Crippen molar-refractivity contribution < 1.29 is 4.79 Å². The number of rotatable bonds is 6. The smallest absolute Gasteiger partial charge is 0.226 e. The number of guanidine groups is 1. The molecule has 7 heteroatoms. The molecule has 2 aromatic rings. The summed E-state index contributed by atoms with van der Waals surface area (Å²) in [5, 5.41) is 11.4. The number of benzene rings is 1. The summed E-state index contributed by atoms with van der Waals surface area (Å²) >= 11 is 5.14. The summed E-state index contributed by atoms with van der Waals surface area (Å²) < 4.78 is 0.944. The molecule has 2 rings (SSSR count). The van der Waals surface area contributed by atoms with Gasteiger partial charge in [0.2, 0.25) is 5.91 Å². The van der Waals surface area contributed by atoms with E-state index in [1.54, 1.807) is 18.4 Å². The van der Waals surface area contributed by atoms with Gasteiger partial charge in [0.05, 0.1) is 6.54 Å². The van der Waals surface area contributed by atoms with Crippen LogP contribution in [0.4, 0.5) is 5.69 Å². The van der Waals surface area contributed by atoms with Gasteiger partial charge in [0.25, 0.3) is 0 Å². The van der Waals surface area contributed by atoms with E-state index in [1.165, 1.54) is 10.4 Å². The number of aryl methyl sites for hydroxylation is 2. The van der Waals surface area contributed by atoms with Crippen LogP contribution >= 0.6 is 27.3 Å². The maximum Gasteiger partial charge on any atom is 0.226 e. The van der Waals surface area contributed by atoms with Gasteiger partial charge in [-0.05, 0) is 48.6 Å². The zero-order chi connectivity index (χ0) is 18.2. The van der Waals surface area contributed by atoms with Gasteiger partial charge >= 0.3 is 0 Å². The standard InChI is InChI=1S/C18H23BrN4OS/c1-12-4-5-14(19)10-15(12)23-17(24)6-8-21-18(20-3)22-11-16-13(2)7-9-25-16/h4-5,7,9-10H,6,8,11H2,1-3H3,(H,23,24)(H2,20,21,22). The molecule has 0 bridgehead atoms. The first-order valence-corrected chi connectivity index (χ1v) is 9.70. The van der Waals surface area contributed by atoms with Crippen molar-refractivity contribution >= 4 is 44.8 Å². The lowest BCUT2D eigenvalue weighted by Crippen LogP contribution is -2.38. The molecule has 0 unspecified atom stereocenters. The van der Waals surface area contributed by atoms with Crippen LogP contribution in [0.15, 0.2) is 39.1 Å². The number of carbonyl (C=O) groups is 1. The minimum atomic E-state index is -0.0294. The van der Waals surface area contributed by atoms with E-state index in [1.807, 2.05) is 25.1 Å². The van der Waals surface area contributed by atoms with Crippen LogP contribution in [-0.4, -0.2) is 25.5 Å². The Morgan fingerprint density at radius 1 is 1.20 bits per heavy atom. The fraction of sp³-hybridized carbons (Fsp3) is 0.333. The molecule has 0 radical (unpaired) electrons. The topological polar surface area (TPSA) is 65.5 Å². The van der Waals surface area contributed by atoms with Crippen LogP contribution in [0.25, 0.3) is 0 Å². The normalized spacial score (nSPS) is 11.3. The first-order chi connectivity index (χ1) is 12.0. The van der Waals surface area contributed by atoms with Crippen LogP contribution in [-0.2, 0) is 11.3 Å². The molecule has 0 aliphatic carbocycles. The van der Waals surface area contributed by atoms with Gasteiger partial charge in [-0.1, -0.05) is 22.0 Å². The van der Waals surface area contributed by atoms with Gasteiger partial charge in [-0.15, -0.1) is 11.3 Å². The molecular formula is C18H23BrN4OS. The van der Waals surface area contributed by atoms with Crippen LogP contribution in [0.3, 0.4) is 0 Å². The second-order valence-electron chi connectivity index (χ2n) is 5.64. The second kappa shape index (κ2) is 9.58. The number of hydrogen-bond acceptors (Lipinski definition) is 3. The summed E-state index contributed by atoms with van der Waals surface area (Å²) in [5.41, 5.74) is 3.14. The Hall–Kier alpha value is -1.86. The third-order valence-electron chi connectivity index (χ3n) is 3.73. The first kappa shape index (κ1) is 19.5. The van der Waals surface area contributed by atoms with Gasteiger partial charge in [-0.2, -0.15) is 0 Å². The maximum atomic E-state index is 12.1. The molecule has 0 spiro atoms. The maximum absolute atomic E-state index is 12.1. The Labute approximate surface area is 161 Å². The zero-order valence-electron chi connectivity index (χ0n) is 14.6. The lowest BCUT2D eigenvalue weighted by atomic mass is 10.2. The van der Waals surface area contributed by atoms with E-state index in [0.29, 0.717) is 18.9 Å². The van der Waals surface area contributed by atoms with Crippen LogP contribution in [0.5, 0.6) is 0 Å². The molecule has 1 amide bonds. The SMILES string of the molecule is CN=C(NCCC(=O)Nc1cc(Br)ccc1C)NCc1sccc1C. The molecule has 1 aromatic carbocycles. The van der Waals surface area contributed by atoms with E-state index >= 15 is 0 Å². The number of thiophene rings is 1. The number of halogens is 1. The van der Waals surface area contributed by atoms with E-state index < -0.39 is 0 Å². The highest BCUT2D eigenvalue weighted by molar-refractivity contribution is 9.10. The summed E-state index contributed by atoms with van der Waals surface area (Å²) in [7, 11) is 1.72. The minimum absolute atomic E-state index is 0.0294. The van der Waals surface area contributed by atoms with E-state index in [2.05, 4.69) is 55.2 Å². The average Bonchev–Trinajstić information content (AvgIpc) is 2.99. The van der Waals surface area contributed by atoms with E-state index in [4.69, 9.17) is 0 Å². The lowest BCUT2D eigenvalue weighted by Gasteiger charge is -2.12. The zero-order valence-corrected chi connectivity index (χ0v) is 17.1. The van der Waals surface area contributed by atoms with Crippen LogP contribution in [0.2, 0.25) is 0 Å². The van der Waals surface area contributed by atoms with Crippen molar-refractivity contribution in [1.82, 2.24) is 10.6 Å². The van der Waals surface area contributed by atoms with Gasteiger partial charge in [-0.25, -0.2) is 0 Å². The third-order valence-corrected chi connectivity index (χ3v) is 5.24. The number of carbonyl (C=O) groups excluding carboxylic acids is 1. The number of anilines is 1. The Kier molecular flexibility index (Phi) is 7.46. The fourth-order valence-electron chi connectivity index (χ4n) is 2.21. The molecule has 1 heterocycles. The fourth-order valence-corrected chi connectivity index (χ4v) is 3.41. The summed E-state index contributed by atoms with van der Waals surface area (Å²) in [6.45, 7) is 5.31. The predicted octanol–water partition coefficient (Wildman–Crippen LogP) is 3.82. The Bertz CT molecular complexity index is 757. The summed E-state index contributed by atoms with van der Waals surface area (Å²) in [6, 6.07) is 7.93. The number of hydrogen-bond donors (Lipinski definition) is 3. The molecule has 0 fully saturated rings. The van der Waals surface area contributed by atoms with Gasteiger partial charge in [-0.3, -0.25) is 9.79 Å². The molecule has 0 saturated heterocycles. The summed E-state index contributed by atoms with van der Waals surface area (Å²) in [5.74, 6) is 0.664. The number of nitrogens with zero attached hydrogens (tertiary/aromatic N) is 1. The predicted molar refractivity (Wildman–Crippen MR) is 109 cm³/mol. The summed E-state index contributed by atoms with van der Waals surface area (Å²) in [4.78, 5) is 17.6. The minimum Gasteiger partial charge on any atom is -0.356 e. The van der Waals surface area contributed by atoms with E-state index in [0.717, 1.165) is 22.3 Å². The van der Waals surface area contributed by atoms with E-state index in [-0.39, 0.29) is 5.91 Å². The monoisotopic (exact) mass is 422 g/mol. The van der Waals surface area contributed by atoms with Crippen molar-refractivity contribution in [3.63, 3.8) is 0 Å². The highest BCUT2D eigenvalue weighted by Gasteiger charge is 2.07. The Morgan fingerprint density at radius 3 is 2.68 bits per heavy atom. The number of aliphatic imine (C=N–C) groups is 1. The third kappa shape index (κ3) is 6.17. The number of amides is 1. The molecule has 1 aromatic heterocycles. The van der Waals surface area contributed by atoms with Gasteiger partial charge in [0.15, 0.2) is 5.96 Å². The molecule has 0 atom stereocenters. The Balaban J connectivity index is 1.75. The van der Waals surface area contributed by atoms with Gasteiger partial charge in [0.1, 0.15) is 0 Å². The van der Waals surface area contributed by atoms with Crippen molar-refractivity contribution in [2.75, 3.05) is 18.9 Å². The van der Waals surface area contributed by atoms with Crippen molar-refractivity contribution in [1.29, 1.82) is 0 Å². The highest BCUT2D eigenvalue weighted by Crippen LogP contribution is 2.20. The molecular weight excluding hydrogens is 400 g/mol. The molecule has 5 nitrogen and oxygen atoms in total. The Morgan fingerprint density at radius 2 is 2.00 bits per heavy atom. The molecule has 0 saturated carbocycles. The van der Waals surface area contributed by atoms with Crippen LogP contribution in [0, 0.1) is 13.8 Å². The largest absolute Gasteiger partial charge is 0.356 e. The average molecular weight is 423 g/mol. The van der Waals surface area contributed by atoms with Gasteiger partial charge in [0, 0.05) is 35.1 Å². The molecule has 3 N–H and O–H groups in total. The van der Waals surface area contributed by atoms with Crippen molar-refractivity contribution in [3.8, 4) is 0 Å². The summed E-state index contributed by atoms with van der Waals surface area (Å²) in [6.07, 6.45) is 0.366. The van der Waals surface area contributed by atoms with Crippen molar-refractivity contribution in [2.45, 2.75) is 26.8 Å². The van der Waals surface area contributed by atoms with Crippen LogP contribution < -0.4 is 16.0 Å². The van der Waals surface area contributed by atoms with Crippen LogP contribution in [0.1, 0.15) is 22.4 Å². The lowest BCUT2D eigenvalue weighted by molar-refractivity contribution is -0.116. The molecule has 134 valence electrons. The van der Waals surface area contributed by atoms with E-state index in [9.17, 15) is 4.79 Å². The molecule has 0 aliphatic heterocycles. The molecule has 0 aliphatic rings. The van der Waals surface area contributed by atoms with Gasteiger partial charge < -0.3 is 16.0 Å². The highest BCUT2D eigenvalue weighted by atomic mass is 79.9. The second-order valence-corrected chi connectivity index (χ2v) is 7.55. The van der Waals surface area contributed by atoms with Crippen molar-refractivity contribution in [3.05, 3.63) is 50.1 Å². The quantitative estimate of drug-likeness (QED) is 0.489. The van der Waals surface area contributed by atoms with Crippen molar-refractivity contribution in [2.24, 2.45) is 4.99 Å². The first-order valence-electron chi connectivity index (χ1n) is 8.03. The molecule has 25 heavy (non-hydrogen) atoms. The number of nitrogens with one attached hydrogen (secondary N) is 3.